The van der Waals surface area contributed by atoms with Gasteiger partial charge in [-0.1, -0.05) is 45.9 Å². The number of hydrogen-bond donors (Lipinski definition) is 1. The van der Waals surface area contributed by atoms with Crippen molar-refractivity contribution in [3.05, 3.63) is 29.8 Å². The van der Waals surface area contributed by atoms with E-state index in [-0.39, 0.29) is 5.91 Å². The molecule has 1 aromatic rings. The maximum Gasteiger partial charge on any atom is 0.230 e. The Bertz CT molecular complexity index is 421. The number of carbonyl (C=O) groups is 1. The maximum atomic E-state index is 11.9. The Kier molecular flexibility index (Phi) is 7.14. The molecule has 0 heterocycles. The first-order chi connectivity index (χ1) is 9.41. The average molecular weight is 293 g/mol. The van der Waals surface area contributed by atoms with Crippen molar-refractivity contribution in [2.45, 2.75) is 39.5 Å². The Morgan fingerprint density at radius 2 is 1.75 bits per heavy atom. The largest absolute Gasteiger partial charge is 0.355 e. The molecule has 0 spiro atoms. The molecular formula is C17H27NOS. The van der Waals surface area contributed by atoms with Crippen LogP contribution in [0.3, 0.4) is 0 Å². The summed E-state index contributed by atoms with van der Waals surface area (Å²) >= 11 is 1.61. The predicted molar refractivity (Wildman–Crippen MR) is 88.1 cm³/mol. The van der Waals surface area contributed by atoms with Gasteiger partial charge in [0.1, 0.15) is 0 Å². The number of amides is 1. The molecule has 1 N–H and O–H groups in total. The molecule has 1 amide bonds. The molecule has 0 aliphatic heterocycles. The average Bonchev–Trinajstić information content (AvgIpc) is 2.37. The van der Waals surface area contributed by atoms with Gasteiger partial charge in [0.05, 0.1) is 5.75 Å². The summed E-state index contributed by atoms with van der Waals surface area (Å²) in [4.78, 5) is 13.1. The molecule has 0 aromatic heterocycles. The lowest BCUT2D eigenvalue weighted by Crippen LogP contribution is -2.34. The Hall–Kier alpha value is -0.960. The molecule has 1 rings (SSSR count). The monoisotopic (exact) mass is 293 g/mol. The second-order valence-electron chi connectivity index (χ2n) is 6.01. The van der Waals surface area contributed by atoms with Crippen LogP contribution in [-0.2, 0) is 4.79 Å². The van der Waals surface area contributed by atoms with E-state index >= 15 is 0 Å². The van der Waals surface area contributed by atoms with Crippen molar-refractivity contribution in [2.24, 2.45) is 17.8 Å². The summed E-state index contributed by atoms with van der Waals surface area (Å²) in [5, 5.41) is 3.08. The van der Waals surface area contributed by atoms with Gasteiger partial charge >= 0.3 is 0 Å². The van der Waals surface area contributed by atoms with Crippen molar-refractivity contribution in [2.75, 3.05) is 12.3 Å². The third-order valence-corrected chi connectivity index (χ3v) is 4.88. The summed E-state index contributed by atoms with van der Waals surface area (Å²) in [5.41, 5.74) is 1.23. The van der Waals surface area contributed by atoms with Crippen molar-refractivity contribution in [3.8, 4) is 0 Å². The molecule has 0 unspecified atom stereocenters. The van der Waals surface area contributed by atoms with Crippen LogP contribution in [0.25, 0.3) is 0 Å². The molecule has 0 bridgehead atoms. The topological polar surface area (TPSA) is 29.1 Å². The van der Waals surface area contributed by atoms with Crippen LogP contribution in [0.15, 0.2) is 29.2 Å². The minimum absolute atomic E-state index is 0.129. The molecule has 0 radical (unpaired) electrons. The molecule has 20 heavy (non-hydrogen) atoms. The second-order valence-corrected chi connectivity index (χ2v) is 7.03. The standard InChI is InChI=1S/C17H27NOS/c1-12(2)15(13(3)4)10-18-17(19)11-20-16-9-7-6-8-14(16)5/h6-9,12-13,15H,10-11H2,1-5H3,(H,18,19). The van der Waals surface area contributed by atoms with E-state index in [1.807, 2.05) is 12.1 Å². The number of carbonyl (C=O) groups excluding carboxylic acids is 1. The van der Waals surface area contributed by atoms with E-state index < -0.39 is 0 Å². The van der Waals surface area contributed by atoms with E-state index in [9.17, 15) is 4.79 Å². The lowest BCUT2D eigenvalue weighted by atomic mass is 9.85. The molecule has 0 aliphatic carbocycles. The number of hydrogen-bond acceptors (Lipinski definition) is 2. The molecule has 2 nitrogen and oxygen atoms in total. The minimum Gasteiger partial charge on any atom is -0.355 e. The van der Waals surface area contributed by atoms with Gasteiger partial charge < -0.3 is 5.32 Å². The first-order valence-electron chi connectivity index (χ1n) is 7.37. The highest BCUT2D eigenvalue weighted by atomic mass is 32.2. The fraction of sp³-hybridized carbons (Fsp3) is 0.588. The zero-order chi connectivity index (χ0) is 15.1. The Morgan fingerprint density at radius 3 is 2.30 bits per heavy atom. The predicted octanol–water partition coefficient (Wildman–Crippen LogP) is 4.13. The van der Waals surface area contributed by atoms with Crippen molar-refractivity contribution >= 4 is 17.7 Å². The fourth-order valence-corrected chi connectivity index (χ4v) is 3.24. The minimum atomic E-state index is 0.129. The van der Waals surface area contributed by atoms with E-state index in [1.165, 1.54) is 10.5 Å². The SMILES string of the molecule is Cc1ccccc1SCC(=O)NCC(C(C)C)C(C)C. The van der Waals surface area contributed by atoms with E-state index in [2.05, 4.69) is 52.1 Å². The third kappa shape index (κ3) is 5.58. The molecule has 0 atom stereocenters. The molecule has 0 aliphatic rings. The van der Waals surface area contributed by atoms with Gasteiger partial charge in [-0.3, -0.25) is 4.79 Å². The molecule has 112 valence electrons. The highest BCUT2D eigenvalue weighted by molar-refractivity contribution is 8.00. The fourth-order valence-electron chi connectivity index (χ4n) is 2.39. The number of rotatable bonds is 7. The van der Waals surface area contributed by atoms with E-state index in [0.717, 1.165) is 6.54 Å². The molecule has 0 fully saturated rings. The van der Waals surface area contributed by atoms with Crippen LogP contribution in [0.2, 0.25) is 0 Å². The van der Waals surface area contributed by atoms with Gasteiger partial charge in [0.2, 0.25) is 5.91 Å². The van der Waals surface area contributed by atoms with Crippen molar-refractivity contribution in [3.63, 3.8) is 0 Å². The number of thioether (sulfide) groups is 1. The van der Waals surface area contributed by atoms with Gasteiger partial charge in [-0.25, -0.2) is 0 Å². The molecule has 0 saturated heterocycles. The van der Waals surface area contributed by atoms with Crippen LogP contribution in [0.5, 0.6) is 0 Å². The van der Waals surface area contributed by atoms with Gasteiger partial charge in [0, 0.05) is 11.4 Å². The maximum absolute atomic E-state index is 11.9. The lowest BCUT2D eigenvalue weighted by molar-refractivity contribution is -0.118. The molecular weight excluding hydrogens is 266 g/mol. The van der Waals surface area contributed by atoms with E-state index in [4.69, 9.17) is 0 Å². The van der Waals surface area contributed by atoms with Crippen molar-refractivity contribution in [1.82, 2.24) is 5.32 Å². The zero-order valence-corrected chi connectivity index (χ0v) is 14.1. The van der Waals surface area contributed by atoms with Gasteiger partial charge in [-0.15, -0.1) is 11.8 Å². The van der Waals surface area contributed by atoms with Gasteiger partial charge in [0.15, 0.2) is 0 Å². The summed E-state index contributed by atoms with van der Waals surface area (Å²) in [7, 11) is 0. The second kappa shape index (κ2) is 8.35. The van der Waals surface area contributed by atoms with E-state index in [0.29, 0.717) is 23.5 Å². The van der Waals surface area contributed by atoms with Gasteiger partial charge in [-0.2, -0.15) is 0 Å². The van der Waals surface area contributed by atoms with Crippen LogP contribution < -0.4 is 5.32 Å². The molecule has 0 saturated carbocycles. The van der Waals surface area contributed by atoms with E-state index in [1.54, 1.807) is 11.8 Å². The van der Waals surface area contributed by atoms with Gasteiger partial charge in [-0.05, 0) is 36.3 Å². The first-order valence-corrected chi connectivity index (χ1v) is 8.35. The number of aryl methyl sites for hydroxylation is 1. The van der Waals surface area contributed by atoms with Crippen LogP contribution >= 0.6 is 11.8 Å². The summed E-state index contributed by atoms with van der Waals surface area (Å²) in [6, 6.07) is 8.18. The number of benzene rings is 1. The zero-order valence-electron chi connectivity index (χ0n) is 13.3. The Morgan fingerprint density at radius 1 is 1.15 bits per heavy atom. The highest BCUT2D eigenvalue weighted by Gasteiger charge is 2.18. The first kappa shape index (κ1) is 17.1. The van der Waals surface area contributed by atoms with Crippen LogP contribution in [0.4, 0.5) is 0 Å². The summed E-state index contributed by atoms with van der Waals surface area (Å²) in [6.07, 6.45) is 0. The quantitative estimate of drug-likeness (QED) is 0.766. The Labute approximate surface area is 127 Å². The third-order valence-electron chi connectivity index (χ3n) is 3.70. The highest BCUT2D eigenvalue weighted by Crippen LogP contribution is 2.22. The van der Waals surface area contributed by atoms with Crippen molar-refractivity contribution < 1.29 is 4.79 Å². The smallest absolute Gasteiger partial charge is 0.230 e. The Balaban J connectivity index is 2.39. The van der Waals surface area contributed by atoms with Crippen LogP contribution in [0.1, 0.15) is 33.3 Å². The number of nitrogens with one attached hydrogen (secondary N) is 1. The van der Waals surface area contributed by atoms with Crippen molar-refractivity contribution in [1.29, 1.82) is 0 Å². The van der Waals surface area contributed by atoms with Crippen LogP contribution in [0, 0.1) is 24.7 Å². The molecule has 3 heteroatoms. The summed E-state index contributed by atoms with van der Waals surface area (Å²) < 4.78 is 0. The normalized spacial score (nSPS) is 11.4. The summed E-state index contributed by atoms with van der Waals surface area (Å²) in [6.45, 7) is 11.7. The summed E-state index contributed by atoms with van der Waals surface area (Å²) in [5.74, 6) is 2.36. The molecule has 1 aromatic carbocycles. The van der Waals surface area contributed by atoms with Crippen LogP contribution in [-0.4, -0.2) is 18.2 Å². The lowest BCUT2D eigenvalue weighted by Gasteiger charge is -2.25. The van der Waals surface area contributed by atoms with Gasteiger partial charge in [0.25, 0.3) is 0 Å².